The summed E-state index contributed by atoms with van der Waals surface area (Å²) in [4.78, 5) is 29.0. The second-order valence-electron chi connectivity index (χ2n) is 9.86. The van der Waals surface area contributed by atoms with E-state index in [4.69, 9.17) is 9.47 Å². The third-order valence-electron chi connectivity index (χ3n) is 6.21. The van der Waals surface area contributed by atoms with Crippen molar-refractivity contribution in [1.82, 2.24) is 4.98 Å². The first-order valence-corrected chi connectivity index (χ1v) is 10.4. The van der Waals surface area contributed by atoms with Crippen molar-refractivity contribution in [3.8, 4) is 0 Å². The predicted octanol–water partition coefficient (Wildman–Crippen LogP) is 4.48. The van der Waals surface area contributed by atoms with Crippen LogP contribution in [0.2, 0.25) is 0 Å². The molecule has 5 nitrogen and oxygen atoms in total. The summed E-state index contributed by atoms with van der Waals surface area (Å²) in [6.45, 7) is 9.41. The van der Waals surface area contributed by atoms with E-state index in [2.05, 4.69) is 4.98 Å². The van der Waals surface area contributed by atoms with Crippen LogP contribution >= 0.6 is 0 Å². The second-order valence-corrected chi connectivity index (χ2v) is 9.86. The molecular formula is C23H33NO4. The third kappa shape index (κ3) is 4.08. The molecule has 0 aliphatic heterocycles. The van der Waals surface area contributed by atoms with E-state index in [1.165, 1.54) is 5.56 Å². The van der Waals surface area contributed by atoms with Crippen LogP contribution in [0.3, 0.4) is 0 Å². The number of aryl methyl sites for hydroxylation is 1. The number of aromatic nitrogens is 1. The van der Waals surface area contributed by atoms with E-state index in [1.807, 2.05) is 59.1 Å². The van der Waals surface area contributed by atoms with Crippen LogP contribution in [0, 0.1) is 16.7 Å². The molecule has 0 saturated heterocycles. The number of hydrogen-bond acceptors (Lipinski definition) is 5. The molecule has 154 valence electrons. The van der Waals surface area contributed by atoms with Gasteiger partial charge in [-0.3, -0.25) is 14.6 Å². The summed E-state index contributed by atoms with van der Waals surface area (Å²) in [5.41, 5.74) is 0.558. The second kappa shape index (κ2) is 7.49. The molecule has 0 radical (unpaired) electrons. The molecule has 0 N–H and O–H groups in total. The Balaban J connectivity index is 1.64. The largest absolute Gasteiger partial charge is 0.463 e. The lowest BCUT2D eigenvalue weighted by molar-refractivity contribution is -0.284. The molecule has 1 unspecified atom stereocenters. The Morgan fingerprint density at radius 3 is 2.43 bits per heavy atom. The molecule has 3 aliphatic rings. The zero-order valence-corrected chi connectivity index (χ0v) is 17.8. The van der Waals surface area contributed by atoms with Crippen LogP contribution in [-0.4, -0.2) is 28.6 Å². The van der Waals surface area contributed by atoms with Crippen molar-refractivity contribution >= 4 is 11.9 Å². The minimum atomic E-state index is -0.479. The molecule has 28 heavy (non-hydrogen) atoms. The highest BCUT2D eigenvalue weighted by Gasteiger charge is 2.78. The molecule has 5 heteroatoms. The molecule has 1 heterocycles. The van der Waals surface area contributed by atoms with Gasteiger partial charge in [0.05, 0.1) is 11.5 Å². The summed E-state index contributed by atoms with van der Waals surface area (Å²) in [5.74, 6) is -0.0569. The number of esters is 2. The summed E-state index contributed by atoms with van der Waals surface area (Å²) in [6.07, 6.45) is 8.35. The van der Waals surface area contributed by atoms with Gasteiger partial charge in [-0.1, -0.05) is 0 Å². The smallest absolute Gasteiger partial charge is 0.312 e. The van der Waals surface area contributed by atoms with Gasteiger partial charge in [-0.15, -0.1) is 0 Å². The van der Waals surface area contributed by atoms with Gasteiger partial charge in [0.2, 0.25) is 0 Å². The predicted molar refractivity (Wildman–Crippen MR) is 106 cm³/mol. The van der Waals surface area contributed by atoms with Crippen molar-refractivity contribution < 1.29 is 19.1 Å². The number of ether oxygens (including phenoxy) is 2. The molecule has 1 aromatic heterocycles. The number of carbonyl (C=O) groups is 2. The normalized spacial score (nSPS) is 28.3. The Bertz CT molecular complexity index is 714. The fraction of sp³-hybridized carbons (Fsp3) is 0.696. The summed E-state index contributed by atoms with van der Waals surface area (Å²) in [5, 5.41) is 0. The lowest BCUT2D eigenvalue weighted by Gasteiger charge is -2.75. The van der Waals surface area contributed by atoms with Gasteiger partial charge in [0.1, 0.15) is 5.60 Å². The fourth-order valence-corrected chi connectivity index (χ4v) is 5.17. The maximum Gasteiger partial charge on any atom is 0.312 e. The molecule has 1 atom stereocenters. The van der Waals surface area contributed by atoms with E-state index >= 15 is 0 Å². The highest BCUT2D eigenvalue weighted by molar-refractivity contribution is 5.82. The van der Waals surface area contributed by atoms with Gasteiger partial charge in [-0.2, -0.15) is 0 Å². The number of carbonyl (C=O) groups excluding carboxylic acids is 2. The van der Waals surface area contributed by atoms with E-state index in [0.29, 0.717) is 12.8 Å². The zero-order chi connectivity index (χ0) is 20.6. The minimum absolute atomic E-state index is 0.0810. The van der Waals surface area contributed by atoms with Crippen molar-refractivity contribution in [3.05, 3.63) is 30.1 Å². The number of hydrogen-bond donors (Lipinski definition) is 0. The SMILES string of the molecule is CC(C)OC(=O)C12CC(CCc3ccncc3)(C1)C2CCC(=O)OC(C)(C)C. The van der Waals surface area contributed by atoms with E-state index in [-0.39, 0.29) is 34.8 Å². The Labute approximate surface area is 168 Å². The van der Waals surface area contributed by atoms with E-state index in [0.717, 1.165) is 25.7 Å². The molecule has 3 saturated carbocycles. The monoisotopic (exact) mass is 387 g/mol. The third-order valence-corrected chi connectivity index (χ3v) is 6.21. The maximum atomic E-state index is 12.7. The minimum Gasteiger partial charge on any atom is -0.463 e. The van der Waals surface area contributed by atoms with Crippen molar-refractivity contribution in [1.29, 1.82) is 0 Å². The lowest BCUT2D eigenvalue weighted by atomic mass is 9.27. The zero-order valence-electron chi connectivity index (χ0n) is 17.8. The van der Waals surface area contributed by atoms with Gasteiger partial charge < -0.3 is 9.47 Å². The average molecular weight is 388 g/mol. The van der Waals surface area contributed by atoms with Crippen molar-refractivity contribution in [3.63, 3.8) is 0 Å². The number of nitrogens with zero attached hydrogens (tertiary/aromatic N) is 1. The van der Waals surface area contributed by atoms with Gasteiger partial charge in [0.15, 0.2) is 0 Å². The van der Waals surface area contributed by atoms with Gasteiger partial charge in [-0.05, 0) is 95.8 Å². The Morgan fingerprint density at radius 2 is 1.86 bits per heavy atom. The van der Waals surface area contributed by atoms with Crippen LogP contribution in [0.15, 0.2) is 24.5 Å². The van der Waals surface area contributed by atoms with Gasteiger partial charge in [0, 0.05) is 18.8 Å². The first-order chi connectivity index (χ1) is 13.1. The molecular weight excluding hydrogens is 354 g/mol. The molecule has 1 aromatic rings. The topological polar surface area (TPSA) is 65.5 Å². The standard InChI is InChI=1S/C23H33NO4/c1-16(2)27-20(26)23-14-22(15-23,11-8-17-9-12-24-13-10-17)18(23)6-7-19(25)28-21(3,4)5/h9-10,12-13,16,18H,6-8,11,14-15H2,1-5H3. The summed E-state index contributed by atoms with van der Waals surface area (Å²) >= 11 is 0. The highest BCUT2D eigenvalue weighted by Crippen LogP contribution is 2.80. The number of rotatable bonds is 8. The molecule has 0 spiro atoms. The van der Waals surface area contributed by atoms with Crippen LogP contribution in [0.5, 0.6) is 0 Å². The van der Waals surface area contributed by atoms with Gasteiger partial charge >= 0.3 is 11.9 Å². The van der Waals surface area contributed by atoms with E-state index in [1.54, 1.807) is 0 Å². The summed E-state index contributed by atoms with van der Waals surface area (Å²) < 4.78 is 11.0. The molecule has 4 rings (SSSR count). The highest BCUT2D eigenvalue weighted by atomic mass is 16.6. The Morgan fingerprint density at radius 1 is 1.21 bits per heavy atom. The molecule has 0 aromatic carbocycles. The molecule has 3 fully saturated rings. The molecule has 3 aliphatic carbocycles. The van der Waals surface area contributed by atoms with E-state index in [9.17, 15) is 9.59 Å². The van der Waals surface area contributed by atoms with E-state index < -0.39 is 5.60 Å². The molecule has 0 amide bonds. The number of pyridine rings is 1. The lowest BCUT2D eigenvalue weighted by Crippen LogP contribution is -2.73. The average Bonchev–Trinajstić information content (AvgIpc) is 2.51. The van der Waals surface area contributed by atoms with Crippen molar-refractivity contribution in [2.75, 3.05) is 0 Å². The summed E-state index contributed by atoms with van der Waals surface area (Å²) in [7, 11) is 0. The van der Waals surface area contributed by atoms with Gasteiger partial charge in [0.25, 0.3) is 0 Å². The Hall–Kier alpha value is -1.91. The maximum absolute atomic E-state index is 12.7. The van der Waals surface area contributed by atoms with Crippen LogP contribution in [0.1, 0.15) is 72.3 Å². The van der Waals surface area contributed by atoms with Crippen LogP contribution in [0.25, 0.3) is 0 Å². The first-order valence-electron chi connectivity index (χ1n) is 10.4. The first kappa shape index (κ1) is 20.8. The van der Waals surface area contributed by atoms with Crippen molar-refractivity contribution in [2.45, 2.75) is 84.8 Å². The van der Waals surface area contributed by atoms with Gasteiger partial charge in [-0.25, -0.2) is 0 Å². The van der Waals surface area contributed by atoms with Crippen LogP contribution in [-0.2, 0) is 25.5 Å². The molecule has 2 bridgehead atoms. The van der Waals surface area contributed by atoms with Crippen LogP contribution < -0.4 is 0 Å². The van der Waals surface area contributed by atoms with Crippen molar-refractivity contribution in [2.24, 2.45) is 16.7 Å². The summed E-state index contributed by atoms with van der Waals surface area (Å²) in [6, 6.07) is 4.09. The quantitative estimate of drug-likeness (QED) is 0.615. The van der Waals surface area contributed by atoms with Crippen LogP contribution in [0.4, 0.5) is 0 Å². The fourth-order valence-electron chi connectivity index (χ4n) is 5.17. The Kier molecular flexibility index (Phi) is 5.57.